The number of aromatic nitrogens is 4. The summed E-state index contributed by atoms with van der Waals surface area (Å²) in [5, 5.41) is 12.7. The maximum Gasteiger partial charge on any atom is 0.215 e. The topological polar surface area (TPSA) is 43.6 Å². The van der Waals surface area contributed by atoms with Gasteiger partial charge in [-0.3, -0.25) is 0 Å². The van der Waals surface area contributed by atoms with E-state index in [9.17, 15) is 0 Å². The Bertz CT molecular complexity index is 514. The van der Waals surface area contributed by atoms with Crippen LogP contribution >= 0.6 is 23.4 Å². The molecule has 0 aliphatic heterocycles. The van der Waals surface area contributed by atoms with Gasteiger partial charge in [-0.2, -0.15) is 4.68 Å². The van der Waals surface area contributed by atoms with E-state index in [1.807, 2.05) is 12.1 Å². The van der Waals surface area contributed by atoms with Crippen LogP contribution in [0.1, 0.15) is 0 Å². The number of benzene rings is 1. The fourth-order valence-corrected chi connectivity index (χ4v) is 1.82. The molecule has 0 saturated carbocycles. The van der Waals surface area contributed by atoms with Gasteiger partial charge in [0.15, 0.2) is 0 Å². The van der Waals surface area contributed by atoms with Crippen LogP contribution < -0.4 is 0 Å². The lowest BCUT2D eigenvalue weighted by atomic mass is 10.3. The highest BCUT2D eigenvalue weighted by Crippen LogP contribution is 2.18. The van der Waals surface area contributed by atoms with Gasteiger partial charge in [-0.05, 0) is 34.7 Å². The Balaban J connectivity index is 2.30. The van der Waals surface area contributed by atoms with Gasteiger partial charge in [-0.15, -0.1) is 11.5 Å². The van der Waals surface area contributed by atoms with Crippen LogP contribution in [0.2, 0.25) is 5.02 Å². The third kappa shape index (κ3) is 2.35. The van der Waals surface area contributed by atoms with Crippen LogP contribution in [-0.2, 0) is 0 Å². The van der Waals surface area contributed by atoms with E-state index in [1.54, 1.807) is 16.8 Å². The van der Waals surface area contributed by atoms with Gasteiger partial charge in [0.25, 0.3) is 0 Å². The number of nitrogens with zero attached hydrogens (tertiary/aromatic N) is 4. The summed E-state index contributed by atoms with van der Waals surface area (Å²) in [6.45, 7) is 0. The number of hydrogen-bond donors (Lipinski definition) is 0. The third-order valence-corrected chi connectivity index (χ3v) is 2.87. The van der Waals surface area contributed by atoms with E-state index in [1.165, 1.54) is 11.8 Å². The van der Waals surface area contributed by atoms with Crippen molar-refractivity contribution in [2.75, 3.05) is 5.75 Å². The smallest absolute Gasteiger partial charge is 0.187 e. The lowest BCUT2D eigenvalue weighted by molar-refractivity contribution is 0.757. The minimum absolute atomic E-state index is 0.536. The lowest BCUT2D eigenvalue weighted by Gasteiger charge is -2.02. The van der Waals surface area contributed by atoms with Gasteiger partial charge in [0, 0.05) is 5.02 Å². The molecule has 1 aromatic heterocycles. The number of hydrogen-bond acceptors (Lipinski definition) is 4. The van der Waals surface area contributed by atoms with Crippen molar-refractivity contribution in [3.05, 3.63) is 29.3 Å². The second-order valence-corrected chi connectivity index (χ2v) is 4.22. The van der Waals surface area contributed by atoms with Crippen molar-refractivity contribution in [1.82, 2.24) is 20.2 Å². The third-order valence-electron chi connectivity index (χ3n) is 1.80. The van der Waals surface area contributed by atoms with Crippen molar-refractivity contribution in [3.63, 3.8) is 0 Å². The van der Waals surface area contributed by atoms with Gasteiger partial charge in [-0.1, -0.05) is 29.3 Å². The summed E-state index contributed by atoms with van der Waals surface area (Å²) >= 11 is 7.21. The summed E-state index contributed by atoms with van der Waals surface area (Å²) in [5.74, 6) is 3.06. The molecule has 2 rings (SSSR count). The van der Waals surface area contributed by atoms with Crippen molar-refractivity contribution in [1.29, 1.82) is 0 Å². The first kappa shape index (κ1) is 11.0. The van der Waals surface area contributed by atoms with Crippen molar-refractivity contribution in [3.8, 4) is 18.0 Å². The number of rotatable bonds is 3. The van der Waals surface area contributed by atoms with Crippen LogP contribution in [0.15, 0.2) is 29.4 Å². The molecule has 6 heteroatoms. The quantitative estimate of drug-likeness (QED) is 0.618. The average Bonchev–Trinajstić information content (AvgIpc) is 2.75. The molecule has 0 fully saturated rings. The number of terminal acetylenes is 1. The van der Waals surface area contributed by atoms with Crippen molar-refractivity contribution in [2.24, 2.45) is 0 Å². The van der Waals surface area contributed by atoms with Gasteiger partial charge in [0.2, 0.25) is 5.16 Å². The van der Waals surface area contributed by atoms with E-state index in [2.05, 4.69) is 21.4 Å². The van der Waals surface area contributed by atoms with Gasteiger partial charge >= 0.3 is 0 Å². The molecule has 0 spiro atoms. The van der Waals surface area contributed by atoms with Crippen molar-refractivity contribution in [2.45, 2.75) is 5.16 Å². The van der Waals surface area contributed by atoms with E-state index in [0.29, 0.717) is 15.9 Å². The molecular weight excluding hydrogens is 244 g/mol. The van der Waals surface area contributed by atoms with Gasteiger partial charge in [-0.25, -0.2) is 0 Å². The zero-order valence-corrected chi connectivity index (χ0v) is 9.74. The predicted molar refractivity (Wildman–Crippen MR) is 63.7 cm³/mol. The molecule has 0 aliphatic rings. The van der Waals surface area contributed by atoms with Gasteiger partial charge < -0.3 is 0 Å². The summed E-state index contributed by atoms with van der Waals surface area (Å²) in [5.41, 5.74) is 0.855. The zero-order valence-electron chi connectivity index (χ0n) is 8.17. The fourth-order valence-electron chi connectivity index (χ4n) is 1.12. The molecule has 0 unspecified atom stereocenters. The molecule has 0 bridgehead atoms. The van der Waals surface area contributed by atoms with Crippen LogP contribution in [0.3, 0.4) is 0 Å². The summed E-state index contributed by atoms with van der Waals surface area (Å²) < 4.78 is 1.62. The molecule has 0 aliphatic carbocycles. The molecule has 1 aromatic carbocycles. The molecule has 1 heterocycles. The molecule has 0 saturated heterocycles. The first-order valence-corrected chi connectivity index (χ1v) is 5.78. The Kier molecular flexibility index (Phi) is 3.44. The molecule has 16 heavy (non-hydrogen) atoms. The molecule has 2 aromatic rings. The Morgan fingerprint density at radius 1 is 1.38 bits per heavy atom. The predicted octanol–water partition coefficient (Wildman–Crippen LogP) is 2.04. The molecular formula is C10H7ClN4S. The number of halogens is 1. The van der Waals surface area contributed by atoms with Crippen LogP contribution in [0.25, 0.3) is 5.69 Å². The molecule has 0 amide bonds. The highest BCUT2D eigenvalue weighted by atomic mass is 35.5. The minimum Gasteiger partial charge on any atom is -0.187 e. The minimum atomic E-state index is 0.536. The van der Waals surface area contributed by atoms with Crippen LogP contribution in [0.5, 0.6) is 0 Å². The zero-order chi connectivity index (χ0) is 11.4. The average molecular weight is 251 g/mol. The SMILES string of the molecule is C#CCSc1nnnn1-c1ccc(Cl)cc1. The Morgan fingerprint density at radius 2 is 2.12 bits per heavy atom. The first-order chi connectivity index (χ1) is 7.81. The Hall–Kier alpha value is -1.51. The summed E-state index contributed by atoms with van der Waals surface area (Å²) in [7, 11) is 0. The largest absolute Gasteiger partial charge is 0.215 e. The van der Waals surface area contributed by atoms with E-state index in [-0.39, 0.29) is 0 Å². The standard InChI is InChI=1S/C10H7ClN4S/c1-2-7-16-10-12-13-14-15(10)9-5-3-8(11)4-6-9/h1,3-6H,7H2. The lowest BCUT2D eigenvalue weighted by Crippen LogP contribution is -1.98. The van der Waals surface area contributed by atoms with Crippen molar-refractivity contribution < 1.29 is 0 Å². The number of thioether (sulfide) groups is 1. The number of tetrazole rings is 1. The van der Waals surface area contributed by atoms with E-state index >= 15 is 0 Å². The summed E-state index contributed by atoms with van der Waals surface area (Å²) in [6, 6.07) is 7.26. The maximum atomic E-state index is 5.80. The van der Waals surface area contributed by atoms with E-state index in [4.69, 9.17) is 18.0 Å². The summed E-state index contributed by atoms with van der Waals surface area (Å²) in [6.07, 6.45) is 5.19. The molecule has 80 valence electrons. The second kappa shape index (κ2) is 5.01. The summed E-state index contributed by atoms with van der Waals surface area (Å²) in [4.78, 5) is 0. The monoisotopic (exact) mass is 250 g/mol. The first-order valence-electron chi connectivity index (χ1n) is 4.42. The highest BCUT2D eigenvalue weighted by Gasteiger charge is 2.07. The van der Waals surface area contributed by atoms with E-state index < -0.39 is 0 Å². The molecule has 0 N–H and O–H groups in total. The molecule has 0 atom stereocenters. The van der Waals surface area contributed by atoms with Crippen LogP contribution in [0.4, 0.5) is 0 Å². The second-order valence-electron chi connectivity index (χ2n) is 2.84. The maximum absolute atomic E-state index is 5.80. The highest BCUT2D eigenvalue weighted by molar-refractivity contribution is 7.99. The van der Waals surface area contributed by atoms with Gasteiger partial charge in [0.05, 0.1) is 11.4 Å². The van der Waals surface area contributed by atoms with Crippen LogP contribution in [-0.4, -0.2) is 26.0 Å². The normalized spacial score (nSPS) is 10.0. The fraction of sp³-hybridized carbons (Fsp3) is 0.100. The van der Waals surface area contributed by atoms with Crippen molar-refractivity contribution >= 4 is 23.4 Å². The van der Waals surface area contributed by atoms with Gasteiger partial charge in [0.1, 0.15) is 0 Å². The van der Waals surface area contributed by atoms with E-state index in [0.717, 1.165) is 5.69 Å². The Morgan fingerprint density at radius 3 is 2.81 bits per heavy atom. The molecule has 4 nitrogen and oxygen atoms in total. The molecule has 0 radical (unpaired) electrons. The Labute approximate surface area is 102 Å². The van der Waals surface area contributed by atoms with Crippen LogP contribution in [0, 0.1) is 12.3 Å².